The molecule has 2 aromatic rings. The summed E-state index contributed by atoms with van der Waals surface area (Å²) in [5, 5.41) is 2.94. The number of hydrogen-bond donors (Lipinski definition) is 1. The van der Waals surface area contributed by atoms with Crippen molar-refractivity contribution in [3.63, 3.8) is 0 Å². The average Bonchev–Trinajstić information content (AvgIpc) is 3.15. The number of benzene rings is 1. The molecule has 1 saturated heterocycles. The van der Waals surface area contributed by atoms with E-state index in [4.69, 9.17) is 0 Å². The monoisotopic (exact) mass is 464 g/mol. The molecule has 0 radical (unpaired) electrons. The van der Waals surface area contributed by atoms with Gasteiger partial charge in [-0.15, -0.1) is 11.3 Å². The number of aromatic nitrogens is 1. The SMILES string of the molecule is Cc1c(C)c(C)c(S(=O)(=O)NCCC(=O)N2CCCN(c3nccs3)CC2)c(C)c1C. The Morgan fingerprint density at radius 3 is 2.26 bits per heavy atom. The van der Waals surface area contributed by atoms with Crippen molar-refractivity contribution >= 4 is 32.4 Å². The van der Waals surface area contributed by atoms with Crippen molar-refractivity contribution in [3.05, 3.63) is 39.4 Å². The second-order valence-electron chi connectivity index (χ2n) is 8.14. The number of carbonyl (C=O) groups excluding carboxylic acids is 1. The van der Waals surface area contributed by atoms with Crippen LogP contribution in [-0.2, 0) is 14.8 Å². The van der Waals surface area contributed by atoms with E-state index in [0.717, 1.165) is 52.5 Å². The molecule has 1 aliphatic heterocycles. The van der Waals surface area contributed by atoms with Gasteiger partial charge in [0.1, 0.15) is 0 Å². The molecule has 1 aliphatic rings. The lowest BCUT2D eigenvalue weighted by atomic mass is 9.95. The molecule has 0 spiro atoms. The van der Waals surface area contributed by atoms with E-state index in [9.17, 15) is 13.2 Å². The molecule has 31 heavy (non-hydrogen) atoms. The highest BCUT2D eigenvalue weighted by Crippen LogP contribution is 2.29. The summed E-state index contributed by atoms with van der Waals surface area (Å²) in [5.41, 5.74) is 4.66. The Bertz CT molecular complexity index is 1020. The summed E-state index contributed by atoms with van der Waals surface area (Å²) in [6.45, 7) is 12.6. The zero-order valence-electron chi connectivity index (χ0n) is 19.0. The van der Waals surface area contributed by atoms with Gasteiger partial charge in [-0.1, -0.05) is 0 Å². The fourth-order valence-electron chi connectivity index (χ4n) is 4.12. The molecule has 3 rings (SSSR count). The Hall–Kier alpha value is -1.97. The van der Waals surface area contributed by atoms with Crippen LogP contribution in [0.3, 0.4) is 0 Å². The molecule has 1 fully saturated rings. The number of thiazole rings is 1. The van der Waals surface area contributed by atoms with Crippen molar-refractivity contribution < 1.29 is 13.2 Å². The molecule has 1 amide bonds. The first kappa shape index (κ1) is 23.7. The predicted molar refractivity (Wildman–Crippen MR) is 125 cm³/mol. The number of rotatable bonds is 6. The van der Waals surface area contributed by atoms with Crippen molar-refractivity contribution in [2.24, 2.45) is 0 Å². The Morgan fingerprint density at radius 2 is 1.65 bits per heavy atom. The van der Waals surface area contributed by atoms with Gasteiger partial charge in [0.2, 0.25) is 15.9 Å². The van der Waals surface area contributed by atoms with Gasteiger partial charge < -0.3 is 9.80 Å². The Morgan fingerprint density at radius 1 is 1.00 bits per heavy atom. The lowest BCUT2D eigenvalue weighted by molar-refractivity contribution is -0.130. The first-order valence-corrected chi connectivity index (χ1v) is 13.0. The fourth-order valence-corrected chi connectivity index (χ4v) is 6.45. The minimum Gasteiger partial charge on any atom is -0.346 e. The maximum absolute atomic E-state index is 13.0. The first-order valence-electron chi connectivity index (χ1n) is 10.6. The summed E-state index contributed by atoms with van der Waals surface area (Å²) >= 11 is 1.60. The lowest BCUT2D eigenvalue weighted by Gasteiger charge is -2.22. The molecule has 1 N–H and O–H groups in total. The average molecular weight is 465 g/mol. The summed E-state index contributed by atoms with van der Waals surface area (Å²) in [6, 6.07) is 0. The van der Waals surface area contributed by atoms with E-state index in [1.165, 1.54) is 0 Å². The van der Waals surface area contributed by atoms with Crippen molar-refractivity contribution in [1.82, 2.24) is 14.6 Å². The van der Waals surface area contributed by atoms with Gasteiger partial charge in [-0.25, -0.2) is 18.1 Å². The smallest absolute Gasteiger partial charge is 0.241 e. The van der Waals surface area contributed by atoms with Crippen LogP contribution in [0.15, 0.2) is 16.5 Å². The number of anilines is 1. The molecule has 170 valence electrons. The molecule has 0 unspecified atom stereocenters. The second-order valence-corrected chi connectivity index (χ2v) is 10.7. The maximum atomic E-state index is 13.0. The molecule has 2 heterocycles. The van der Waals surface area contributed by atoms with E-state index in [1.807, 2.05) is 44.9 Å². The number of nitrogens with one attached hydrogen (secondary N) is 1. The second kappa shape index (κ2) is 9.67. The van der Waals surface area contributed by atoms with Gasteiger partial charge in [0.15, 0.2) is 5.13 Å². The summed E-state index contributed by atoms with van der Waals surface area (Å²) in [4.78, 5) is 21.4. The van der Waals surface area contributed by atoms with Crippen LogP contribution in [0.25, 0.3) is 0 Å². The molecule has 1 aromatic carbocycles. The highest BCUT2D eigenvalue weighted by Gasteiger charge is 2.25. The minimum absolute atomic E-state index is 0.0200. The molecule has 0 saturated carbocycles. The normalized spacial score (nSPS) is 15.3. The third-order valence-electron chi connectivity index (χ3n) is 6.37. The van der Waals surface area contributed by atoms with Gasteiger partial charge in [0.25, 0.3) is 0 Å². The standard InChI is InChI=1S/C22H32N4O3S2/c1-15-16(2)18(4)21(19(5)17(15)3)31(28,29)24-8-7-20(27)25-10-6-11-26(13-12-25)22-23-9-14-30-22/h9,14,24H,6-8,10-13H2,1-5H3. The van der Waals surface area contributed by atoms with E-state index in [-0.39, 0.29) is 18.9 Å². The minimum atomic E-state index is -3.69. The van der Waals surface area contributed by atoms with E-state index in [0.29, 0.717) is 18.0 Å². The molecule has 9 heteroatoms. The zero-order chi connectivity index (χ0) is 22.8. The summed E-state index contributed by atoms with van der Waals surface area (Å²) in [7, 11) is -3.69. The van der Waals surface area contributed by atoms with Gasteiger partial charge in [-0.05, 0) is 68.9 Å². The highest BCUT2D eigenvalue weighted by atomic mass is 32.2. The van der Waals surface area contributed by atoms with Crippen LogP contribution in [0.2, 0.25) is 0 Å². The van der Waals surface area contributed by atoms with Gasteiger partial charge in [-0.2, -0.15) is 0 Å². The van der Waals surface area contributed by atoms with Crippen molar-refractivity contribution in [1.29, 1.82) is 0 Å². The van der Waals surface area contributed by atoms with Crippen molar-refractivity contribution in [2.75, 3.05) is 37.6 Å². The maximum Gasteiger partial charge on any atom is 0.241 e. The van der Waals surface area contributed by atoms with E-state index in [2.05, 4.69) is 14.6 Å². The molecule has 0 bridgehead atoms. The van der Waals surface area contributed by atoms with Crippen molar-refractivity contribution in [3.8, 4) is 0 Å². The van der Waals surface area contributed by atoms with Gasteiger partial charge in [-0.3, -0.25) is 4.79 Å². The zero-order valence-corrected chi connectivity index (χ0v) is 20.6. The van der Waals surface area contributed by atoms with E-state index in [1.54, 1.807) is 17.5 Å². The van der Waals surface area contributed by atoms with E-state index < -0.39 is 10.0 Å². The third kappa shape index (κ3) is 5.10. The number of nitrogens with zero attached hydrogens (tertiary/aromatic N) is 3. The number of sulfonamides is 1. The molecule has 0 aliphatic carbocycles. The number of carbonyl (C=O) groups is 1. The van der Waals surface area contributed by atoms with Gasteiger partial charge >= 0.3 is 0 Å². The highest BCUT2D eigenvalue weighted by molar-refractivity contribution is 7.89. The Kier molecular flexibility index (Phi) is 7.39. The summed E-state index contributed by atoms with van der Waals surface area (Å²) in [6.07, 6.45) is 2.82. The molecule has 7 nitrogen and oxygen atoms in total. The molecular weight excluding hydrogens is 432 g/mol. The van der Waals surface area contributed by atoms with Crippen LogP contribution in [0.1, 0.15) is 40.7 Å². The van der Waals surface area contributed by atoms with Crippen LogP contribution in [-0.4, -0.2) is 56.9 Å². The molecule has 0 atom stereocenters. The van der Waals surface area contributed by atoms with Crippen molar-refractivity contribution in [2.45, 2.75) is 52.4 Å². The van der Waals surface area contributed by atoms with E-state index >= 15 is 0 Å². The summed E-state index contributed by atoms with van der Waals surface area (Å²) in [5.74, 6) is -0.0200. The fraction of sp³-hybridized carbons (Fsp3) is 0.545. The number of hydrogen-bond acceptors (Lipinski definition) is 6. The topological polar surface area (TPSA) is 82.6 Å². The predicted octanol–water partition coefficient (Wildman–Crippen LogP) is 3.09. The van der Waals surface area contributed by atoms with Crippen LogP contribution in [0.4, 0.5) is 5.13 Å². The van der Waals surface area contributed by atoms with Crippen LogP contribution in [0.5, 0.6) is 0 Å². The molecule has 1 aromatic heterocycles. The van der Waals surface area contributed by atoms with Crippen LogP contribution in [0, 0.1) is 34.6 Å². The summed E-state index contributed by atoms with van der Waals surface area (Å²) < 4.78 is 28.7. The van der Waals surface area contributed by atoms with Crippen LogP contribution >= 0.6 is 11.3 Å². The van der Waals surface area contributed by atoms with Gasteiger partial charge in [0, 0.05) is 50.7 Å². The Balaban J connectivity index is 1.60. The lowest BCUT2D eigenvalue weighted by Crippen LogP contribution is -2.37. The number of amides is 1. The van der Waals surface area contributed by atoms with Crippen LogP contribution < -0.4 is 9.62 Å². The molecular formula is C22H32N4O3S2. The largest absolute Gasteiger partial charge is 0.346 e. The Labute approximate surface area is 189 Å². The first-order chi connectivity index (χ1) is 14.6. The quantitative estimate of drug-likeness (QED) is 0.710. The van der Waals surface area contributed by atoms with Gasteiger partial charge in [0.05, 0.1) is 4.90 Å². The third-order valence-corrected chi connectivity index (χ3v) is 8.94.